The Balaban J connectivity index is 1.74. The van der Waals surface area contributed by atoms with Gasteiger partial charge in [-0.15, -0.1) is 0 Å². The predicted octanol–water partition coefficient (Wildman–Crippen LogP) is 2.63. The fourth-order valence-corrected chi connectivity index (χ4v) is 3.01. The Kier molecular flexibility index (Phi) is 4.89. The van der Waals surface area contributed by atoms with Crippen molar-refractivity contribution in [1.82, 2.24) is 15.6 Å². The Morgan fingerprint density at radius 1 is 1.30 bits per heavy atom. The van der Waals surface area contributed by atoms with Crippen LogP contribution in [-0.2, 0) is 6.54 Å². The molecule has 0 saturated carbocycles. The van der Waals surface area contributed by atoms with E-state index in [0.717, 1.165) is 43.0 Å². The number of hydrogen-bond donors (Lipinski definition) is 2. The van der Waals surface area contributed by atoms with Crippen molar-refractivity contribution in [3.63, 3.8) is 0 Å². The number of amidine groups is 1. The highest BCUT2D eigenvalue weighted by molar-refractivity contribution is 7.80. The second-order valence-corrected chi connectivity index (χ2v) is 6.01. The third-order valence-corrected chi connectivity index (χ3v) is 4.37. The molecule has 0 bridgehead atoms. The van der Waals surface area contributed by atoms with Crippen LogP contribution in [0.4, 0.5) is 0 Å². The Hall–Kier alpha value is -2.39. The van der Waals surface area contributed by atoms with Crippen LogP contribution in [0.1, 0.15) is 31.2 Å². The summed E-state index contributed by atoms with van der Waals surface area (Å²) in [6.45, 7) is 1.49. The monoisotopic (exact) mass is 325 g/mol. The molecule has 0 unspecified atom stereocenters. The van der Waals surface area contributed by atoms with Gasteiger partial charge in [-0.1, -0.05) is 49.0 Å². The first-order chi connectivity index (χ1) is 11.3. The third-order valence-electron chi connectivity index (χ3n) is 4.03. The summed E-state index contributed by atoms with van der Waals surface area (Å²) in [6.07, 6.45) is 4.39. The highest BCUT2D eigenvalue weighted by atomic mass is 32.1. The highest BCUT2D eigenvalue weighted by Crippen LogP contribution is 2.22. The fraction of sp³-hybridized carbons (Fsp3) is 0.353. The van der Waals surface area contributed by atoms with Gasteiger partial charge in [0.25, 0.3) is 0 Å². The van der Waals surface area contributed by atoms with Crippen LogP contribution >= 0.6 is 12.2 Å². The summed E-state index contributed by atoms with van der Waals surface area (Å²) < 4.78 is 0. The second kappa shape index (κ2) is 7.25. The number of hydrazone groups is 1. The first kappa shape index (κ1) is 15.5. The van der Waals surface area contributed by atoms with Gasteiger partial charge in [0, 0.05) is 19.5 Å². The molecule has 0 spiro atoms. The van der Waals surface area contributed by atoms with Gasteiger partial charge in [0.1, 0.15) is 28.3 Å². The zero-order chi connectivity index (χ0) is 16.1. The Bertz CT molecular complexity index is 687. The molecule has 1 fully saturated rings. The maximum atomic E-state index is 9.56. The molecule has 2 aliphatic rings. The van der Waals surface area contributed by atoms with E-state index in [1.165, 1.54) is 6.42 Å². The lowest BCUT2D eigenvalue weighted by molar-refractivity contribution is 0.495. The third kappa shape index (κ3) is 3.51. The van der Waals surface area contributed by atoms with E-state index in [1.807, 2.05) is 30.3 Å². The van der Waals surface area contributed by atoms with Crippen molar-refractivity contribution < 1.29 is 0 Å². The summed E-state index contributed by atoms with van der Waals surface area (Å²) in [5.74, 6) is 1.73. The van der Waals surface area contributed by atoms with E-state index in [2.05, 4.69) is 26.8 Å². The van der Waals surface area contributed by atoms with Crippen LogP contribution < -0.4 is 10.7 Å². The number of rotatable bonds is 3. The summed E-state index contributed by atoms with van der Waals surface area (Å²) in [7, 11) is 0. The minimum absolute atomic E-state index is 0.455. The molecule has 0 aliphatic carbocycles. The number of nitrogens with one attached hydrogen (secondary N) is 2. The lowest BCUT2D eigenvalue weighted by Gasteiger charge is -2.20. The van der Waals surface area contributed by atoms with Crippen LogP contribution in [0.25, 0.3) is 0 Å². The van der Waals surface area contributed by atoms with E-state index in [9.17, 15) is 5.26 Å². The van der Waals surface area contributed by atoms with Gasteiger partial charge in [-0.25, -0.2) is 0 Å². The topological polar surface area (TPSA) is 63.5 Å². The number of nitrogens with zero attached hydrogens (tertiary/aromatic N) is 3. The largest absolute Gasteiger partial charge is 0.371 e. The normalized spacial score (nSPS) is 18.9. The smallest absolute Gasteiger partial charge is 0.149 e. The van der Waals surface area contributed by atoms with Crippen LogP contribution in [0.15, 0.2) is 46.8 Å². The molecule has 1 aromatic rings. The fourth-order valence-electron chi connectivity index (χ4n) is 2.80. The van der Waals surface area contributed by atoms with Gasteiger partial charge in [-0.05, 0) is 18.4 Å². The van der Waals surface area contributed by atoms with Gasteiger partial charge in [0.05, 0.1) is 0 Å². The molecule has 1 saturated heterocycles. The van der Waals surface area contributed by atoms with Gasteiger partial charge < -0.3 is 10.2 Å². The van der Waals surface area contributed by atoms with E-state index in [0.29, 0.717) is 17.1 Å². The SMILES string of the molecule is N#C/C(C(=S)NCc1ccccc1)=C1/NN=C2CCCCCN21. The average molecular weight is 325 g/mol. The molecule has 2 aliphatic heterocycles. The molecule has 23 heavy (non-hydrogen) atoms. The minimum atomic E-state index is 0.455. The van der Waals surface area contributed by atoms with Crippen molar-refractivity contribution in [2.75, 3.05) is 6.54 Å². The Morgan fingerprint density at radius 3 is 2.91 bits per heavy atom. The molecule has 5 nitrogen and oxygen atoms in total. The van der Waals surface area contributed by atoms with Crippen molar-refractivity contribution in [3.05, 3.63) is 47.3 Å². The van der Waals surface area contributed by atoms with Crippen molar-refractivity contribution >= 4 is 23.0 Å². The molecule has 3 rings (SSSR count). The molecule has 0 atom stereocenters. The van der Waals surface area contributed by atoms with Gasteiger partial charge in [0.2, 0.25) is 0 Å². The molecule has 118 valence electrons. The lowest BCUT2D eigenvalue weighted by Crippen LogP contribution is -2.32. The number of hydrogen-bond acceptors (Lipinski definition) is 5. The van der Waals surface area contributed by atoms with E-state index in [-0.39, 0.29) is 0 Å². The van der Waals surface area contributed by atoms with Crippen LogP contribution in [0.3, 0.4) is 0 Å². The van der Waals surface area contributed by atoms with Gasteiger partial charge >= 0.3 is 0 Å². The van der Waals surface area contributed by atoms with Crippen molar-refractivity contribution in [3.8, 4) is 6.07 Å². The molecule has 1 aromatic carbocycles. The second-order valence-electron chi connectivity index (χ2n) is 5.61. The molecule has 0 aromatic heterocycles. The van der Waals surface area contributed by atoms with Gasteiger partial charge in [-0.3, -0.25) is 5.43 Å². The first-order valence-corrected chi connectivity index (χ1v) is 8.27. The van der Waals surface area contributed by atoms with Crippen LogP contribution in [-0.4, -0.2) is 22.3 Å². The van der Waals surface area contributed by atoms with E-state index in [4.69, 9.17) is 12.2 Å². The standard InChI is InChI=1S/C17H19N5S/c18-11-14(17(23)19-12-13-7-3-1-4-8-13)16-21-20-15-9-5-2-6-10-22(15)16/h1,3-4,7-8,21H,2,5-6,9-10,12H2,(H,19,23)/b16-14+. The quantitative estimate of drug-likeness (QED) is 0.508. The summed E-state index contributed by atoms with van der Waals surface area (Å²) >= 11 is 5.43. The van der Waals surface area contributed by atoms with Gasteiger partial charge in [0.15, 0.2) is 0 Å². The number of nitriles is 1. The summed E-state index contributed by atoms with van der Waals surface area (Å²) in [6, 6.07) is 12.2. The van der Waals surface area contributed by atoms with Crippen LogP contribution in [0.2, 0.25) is 0 Å². The molecular weight excluding hydrogens is 306 g/mol. The molecule has 6 heteroatoms. The number of benzene rings is 1. The van der Waals surface area contributed by atoms with Crippen LogP contribution in [0.5, 0.6) is 0 Å². The van der Waals surface area contributed by atoms with E-state index in [1.54, 1.807) is 0 Å². The maximum Gasteiger partial charge on any atom is 0.149 e. The van der Waals surface area contributed by atoms with Crippen molar-refractivity contribution in [2.45, 2.75) is 32.2 Å². The summed E-state index contributed by atoms with van der Waals surface area (Å²) in [4.78, 5) is 2.56. The van der Waals surface area contributed by atoms with E-state index < -0.39 is 0 Å². The molecular formula is C17H19N5S. The zero-order valence-electron chi connectivity index (χ0n) is 12.9. The Labute approximate surface area is 141 Å². The number of thiocarbonyl (C=S) groups is 1. The van der Waals surface area contributed by atoms with Crippen molar-refractivity contribution in [2.24, 2.45) is 5.10 Å². The van der Waals surface area contributed by atoms with E-state index >= 15 is 0 Å². The van der Waals surface area contributed by atoms with Crippen LogP contribution in [0, 0.1) is 11.3 Å². The Morgan fingerprint density at radius 2 is 2.13 bits per heavy atom. The minimum Gasteiger partial charge on any atom is -0.371 e. The van der Waals surface area contributed by atoms with Gasteiger partial charge in [-0.2, -0.15) is 10.4 Å². The lowest BCUT2D eigenvalue weighted by atomic mass is 10.2. The number of fused-ring (bicyclic) bond motifs is 1. The average Bonchev–Trinajstić information content (AvgIpc) is 2.83. The van der Waals surface area contributed by atoms with Crippen molar-refractivity contribution in [1.29, 1.82) is 5.26 Å². The highest BCUT2D eigenvalue weighted by Gasteiger charge is 2.27. The zero-order valence-corrected chi connectivity index (χ0v) is 13.7. The molecule has 2 heterocycles. The summed E-state index contributed by atoms with van der Waals surface area (Å²) in [5.41, 5.74) is 4.58. The molecule has 0 radical (unpaired) electrons. The first-order valence-electron chi connectivity index (χ1n) is 7.86. The summed E-state index contributed by atoms with van der Waals surface area (Å²) in [5, 5.41) is 17.1. The molecule has 0 amide bonds. The maximum absolute atomic E-state index is 9.56. The molecule has 2 N–H and O–H groups in total. The predicted molar refractivity (Wildman–Crippen MR) is 94.3 cm³/mol.